The standard InChI is InChI=1S/C17H24N4O3/c1-4-24-16(22)15-14(19-17(23)20-15)11-21(9-12(2)3)10-13-7-5-6-8-18-13/h5-8,12H,4,9-11H2,1-3H3,(H2,19,20,23). The number of carbonyl (C=O) groups excluding carboxylic acids is 1. The lowest BCUT2D eigenvalue weighted by Crippen LogP contribution is -2.28. The Hall–Kier alpha value is -2.41. The minimum Gasteiger partial charge on any atom is -0.461 e. The molecule has 0 saturated carbocycles. The van der Waals surface area contributed by atoms with E-state index in [0.717, 1.165) is 12.2 Å². The molecular weight excluding hydrogens is 308 g/mol. The minimum atomic E-state index is -0.520. The van der Waals surface area contributed by atoms with E-state index in [2.05, 4.69) is 33.7 Å². The summed E-state index contributed by atoms with van der Waals surface area (Å²) in [6, 6.07) is 5.77. The number of aromatic nitrogens is 3. The minimum absolute atomic E-state index is 0.191. The maximum atomic E-state index is 12.0. The van der Waals surface area contributed by atoms with E-state index < -0.39 is 11.7 Å². The summed E-state index contributed by atoms with van der Waals surface area (Å²) in [5, 5.41) is 0. The molecule has 7 heteroatoms. The van der Waals surface area contributed by atoms with Gasteiger partial charge < -0.3 is 9.72 Å². The van der Waals surface area contributed by atoms with Crippen molar-refractivity contribution < 1.29 is 9.53 Å². The molecule has 0 saturated heterocycles. The van der Waals surface area contributed by atoms with Crippen LogP contribution >= 0.6 is 0 Å². The number of carbonyl (C=O) groups is 1. The Bertz CT molecular complexity index is 706. The van der Waals surface area contributed by atoms with Gasteiger partial charge >= 0.3 is 11.7 Å². The van der Waals surface area contributed by atoms with Gasteiger partial charge in [0.1, 0.15) is 5.69 Å². The van der Waals surface area contributed by atoms with Crippen LogP contribution in [0, 0.1) is 5.92 Å². The lowest BCUT2D eigenvalue weighted by atomic mass is 10.2. The average Bonchev–Trinajstić information content (AvgIpc) is 2.88. The lowest BCUT2D eigenvalue weighted by Gasteiger charge is -2.23. The fourth-order valence-corrected chi connectivity index (χ4v) is 2.56. The highest BCUT2D eigenvalue weighted by atomic mass is 16.5. The topological polar surface area (TPSA) is 91.1 Å². The highest BCUT2D eigenvalue weighted by Crippen LogP contribution is 2.12. The Morgan fingerprint density at radius 2 is 2.08 bits per heavy atom. The molecule has 130 valence electrons. The molecule has 2 rings (SSSR count). The first-order chi connectivity index (χ1) is 11.5. The normalized spacial score (nSPS) is 11.2. The zero-order valence-electron chi connectivity index (χ0n) is 14.3. The van der Waals surface area contributed by atoms with Crippen molar-refractivity contribution in [2.75, 3.05) is 13.2 Å². The Morgan fingerprint density at radius 1 is 1.29 bits per heavy atom. The number of aromatic amines is 2. The van der Waals surface area contributed by atoms with Gasteiger partial charge in [0.2, 0.25) is 0 Å². The number of imidazole rings is 1. The summed E-state index contributed by atoms with van der Waals surface area (Å²) in [5.41, 5.74) is 1.26. The first-order valence-corrected chi connectivity index (χ1v) is 8.10. The Morgan fingerprint density at radius 3 is 2.71 bits per heavy atom. The molecule has 2 aromatic rings. The quantitative estimate of drug-likeness (QED) is 0.721. The summed E-state index contributed by atoms with van der Waals surface area (Å²) in [7, 11) is 0. The third-order valence-corrected chi connectivity index (χ3v) is 3.40. The van der Waals surface area contributed by atoms with Crippen LogP contribution in [-0.2, 0) is 17.8 Å². The van der Waals surface area contributed by atoms with Gasteiger partial charge in [0, 0.05) is 25.8 Å². The highest BCUT2D eigenvalue weighted by Gasteiger charge is 2.19. The predicted octanol–water partition coefficient (Wildman–Crippen LogP) is 1.93. The molecule has 2 aromatic heterocycles. The van der Waals surface area contributed by atoms with Gasteiger partial charge in [0.15, 0.2) is 0 Å². The van der Waals surface area contributed by atoms with Crippen LogP contribution < -0.4 is 5.69 Å². The van der Waals surface area contributed by atoms with Crippen LogP contribution in [0.1, 0.15) is 42.6 Å². The second-order valence-electron chi connectivity index (χ2n) is 6.04. The molecule has 0 fully saturated rings. The molecule has 0 bridgehead atoms. The number of hydrogen-bond acceptors (Lipinski definition) is 5. The third kappa shape index (κ3) is 5.06. The average molecular weight is 332 g/mol. The van der Waals surface area contributed by atoms with Crippen molar-refractivity contribution in [1.82, 2.24) is 19.9 Å². The molecule has 0 aliphatic carbocycles. The van der Waals surface area contributed by atoms with Crippen molar-refractivity contribution in [1.29, 1.82) is 0 Å². The molecule has 0 aromatic carbocycles. The fraction of sp³-hybridized carbons (Fsp3) is 0.471. The Labute approximate surface area is 141 Å². The molecule has 0 aliphatic rings. The molecule has 0 radical (unpaired) electrons. The van der Waals surface area contributed by atoms with Crippen LogP contribution in [0.15, 0.2) is 29.2 Å². The van der Waals surface area contributed by atoms with E-state index in [0.29, 0.717) is 24.7 Å². The first-order valence-electron chi connectivity index (χ1n) is 8.10. The monoisotopic (exact) mass is 332 g/mol. The van der Waals surface area contributed by atoms with Crippen LogP contribution in [0.25, 0.3) is 0 Å². The van der Waals surface area contributed by atoms with Crippen molar-refractivity contribution >= 4 is 5.97 Å². The summed E-state index contributed by atoms with van der Waals surface area (Å²) in [4.78, 5) is 35.3. The number of ether oxygens (including phenoxy) is 1. The van der Waals surface area contributed by atoms with Crippen molar-refractivity contribution in [3.63, 3.8) is 0 Å². The van der Waals surface area contributed by atoms with Crippen molar-refractivity contribution in [2.24, 2.45) is 5.92 Å². The summed E-state index contributed by atoms with van der Waals surface area (Å²) in [5.74, 6) is -0.0846. The van der Waals surface area contributed by atoms with Gasteiger partial charge in [-0.3, -0.25) is 14.9 Å². The molecule has 0 atom stereocenters. The van der Waals surface area contributed by atoms with E-state index in [1.54, 1.807) is 13.1 Å². The van der Waals surface area contributed by atoms with Crippen LogP contribution in [0.2, 0.25) is 0 Å². The van der Waals surface area contributed by atoms with Crippen molar-refractivity contribution in [3.8, 4) is 0 Å². The van der Waals surface area contributed by atoms with Gasteiger partial charge in [-0.15, -0.1) is 0 Å². The van der Waals surface area contributed by atoms with Gasteiger partial charge in [-0.05, 0) is 25.0 Å². The number of nitrogens with zero attached hydrogens (tertiary/aromatic N) is 2. The second-order valence-corrected chi connectivity index (χ2v) is 6.04. The molecule has 0 aliphatic heterocycles. The predicted molar refractivity (Wildman–Crippen MR) is 90.6 cm³/mol. The van der Waals surface area contributed by atoms with Crippen LogP contribution in [0.3, 0.4) is 0 Å². The van der Waals surface area contributed by atoms with Gasteiger partial charge in [0.05, 0.1) is 18.0 Å². The number of esters is 1. The number of nitrogens with one attached hydrogen (secondary N) is 2. The number of H-pyrrole nitrogens is 2. The van der Waals surface area contributed by atoms with Crippen molar-refractivity contribution in [2.45, 2.75) is 33.9 Å². The third-order valence-electron chi connectivity index (χ3n) is 3.40. The molecular formula is C17H24N4O3. The van der Waals surface area contributed by atoms with E-state index in [4.69, 9.17) is 4.74 Å². The van der Waals surface area contributed by atoms with Gasteiger partial charge in [0.25, 0.3) is 0 Å². The second kappa shape index (κ2) is 8.44. The van der Waals surface area contributed by atoms with Crippen LogP contribution in [0.5, 0.6) is 0 Å². The summed E-state index contributed by atoms with van der Waals surface area (Å²) < 4.78 is 5.00. The lowest BCUT2D eigenvalue weighted by molar-refractivity contribution is 0.0517. The summed E-state index contributed by atoms with van der Waals surface area (Å²) in [6.07, 6.45) is 1.76. The molecule has 2 heterocycles. The Balaban J connectivity index is 2.20. The molecule has 0 unspecified atom stereocenters. The number of hydrogen-bond donors (Lipinski definition) is 2. The van der Waals surface area contributed by atoms with Crippen molar-refractivity contribution in [3.05, 3.63) is 52.0 Å². The van der Waals surface area contributed by atoms with Gasteiger partial charge in [-0.25, -0.2) is 9.59 Å². The molecule has 7 nitrogen and oxygen atoms in total. The van der Waals surface area contributed by atoms with E-state index in [-0.39, 0.29) is 12.3 Å². The SMILES string of the molecule is CCOC(=O)c1[nH]c(=O)[nH]c1CN(Cc1ccccn1)CC(C)C. The fourth-order valence-electron chi connectivity index (χ4n) is 2.56. The number of pyridine rings is 1. The van der Waals surface area contributed by atoms with E-state index in [1.165, 1.54) is 0 Å². The smallest absolute Gasteiger partial charge is 0.356 e. The number of rotatable bonds is 8. The summed E-state index contributed by atoms with van der Waals surface area (Å²) in [6.45, 7) is 8.11. The molecule has 0 amide bonds. The largest absolute Gasteiger partial charge is 0.461 e. The Kier molecular flexibility index (Phi) is 6.31. The summed E-state index contributed by atoms with van der Waals surface area (Å²) >= 11 is 0. The van der Waals surface area contributed by atoms with E-state index in [9.17, 15) is 9.59 Å². The van der Waals surface area contributed by atoms with Crippen LogP contribution in [-0.4, -0.2) is 39.0 Å². The molecule has 2 N–H and O–H groups in total. The molecule has 0 spiro atoms. The zero-order chi connectivity index (χ0) is 17.5. The van der Waals surface area contributed by atoms with Crippen LogP contribution in [0.4, 0.5) is 0 Å². The van der Waals surface area contributed by atoms with Gasteiger partial charge in [-0.1, -0.05) is 19.9 Å². The maximum absolute atomic E-state index is 12.0. The maximum Gasteiger partial charge on any atom is 0.356 e. The zero-order valence-corrected chi connectivity index (χ0v) is 14.3. The first kappa shape index (κ1) is 17.9. The highest BCUT2D eigenvalue weighted by molar-refractivity contribution is 5.88. The van der Waals surface area contributed by atoms with E-state index >= 15 is 0 Å². The van der Waals surface area contributed by atoms with Gasteiger partial charge in [-0.2, -0.15) is 0 Å². The van der Waals surface area contributed by atoms with E-state index in [1.807, 2.05) is 18.2 Å². The molecule has 24 heavy (non-hydrogen) atoms.